The lowest BCUT2D eigenvalue weighted by Gasteiger charge is -2.26. The Kier molecular flexibility index (Phi) is 6.80. The molecule has 0 aliphatic carbocycles. The largest absolute Gasteiger partial charge is 0.379 e. The highest BCUT2D eigenvalue weighted by Crippen LogP contribution is 2.35. The molecule has 3 aromatic heterocycles. The van der Waals surface area contributed by atoms with E-state index in [1.54, 1.807) is 13.0 Å². The maximum absolute atomic E-state index is 15.4. The fourth-order valence-electron chi connectivity index (χ4n) is 4.05. The number of carbonyl (C=O) groups is 1. The zero-order valence-electron chi connectivity index (χ0n) is 20.0. The molecule has 194 valence electrons. The van der Waals surface area contributed by atoms with Gasteiger partial charge in [-0.05, 0) is 43.3 Å². The molecule has 5 rings (SSSR count). The maximum Gasteiger partial charge on any atom is 0.331 e. The molecule has 0 bridgehead atoms. The molecule has 10 nitrogen and oxygen atoms in total. The second-order valence-corrected chi connectivity index (χ2v) is 8.64. The minimum atomic E-state index is -3.63. The summed E-state index contributed by atoms with van der Waals surface area (Å²) in [6, 6.07) is 8.49. The van der Waals surface area contributed by atoms with Gasteiger partial charge in [-0.3, -0.25) is 19.2 Å². The molecule has 0 atom stereocenters. The van der Waals surface area contributed by atoms with E-state index in [1.165, 1.54) is 16.5 Å². The number of carbonyl (C=O) groups excluding carboxylic acids is 1. The summed E-state index contributed by atoms with van der Waals surface area (Å²) in [5.41, 5.74) is 0.522. The molecule has 1 amide bonds. The Hall–Kier alpha value is -3.97. The molecule has 0 radical (unpaired) electrons. The second-order valence-electron chi connectivity index (χ2n) is 8.64. The van der Waals surface area contributed by atoms with E-state index in [-0.39, 0.29) is 17.3 Å². The third kappa shape index (κ3) is 5.27. The van der Waals surface area contributed by atoms with E-state index < -0.39 is 29.0 Å². The zero-order chi connectivity index (χ0) is 26.0. The van der Waals surface area contributed by atoms with Crippen molar-refractivity contribution in [3.63, 3.8) is 0 Å². The quantitative estimate of drug-likeness (QED) is 0.332. The predicted molar refractivity (Wildman–Crippen MR) is 129 cm³/mol. The average molecular weight is 515 g/mol. The van der Waals surface area contributed by atoms with E-state index >= 15 is 8.78 Å². The van der Waals surface area contributed by atoms with Crippen LogP contribution in [0.5, 0.6) is 0 Å². The fraction of sp³-hybridized carbons (Fsp3) is 0.333. The summed E-state index contributed by atoms with van der Waals surface area (Å²) in [6.45, 7) is 5.72. The summed E-state index contributed by atoms with van der Waals surface area (Å²) in [5, 5.41) is 12.6. The summed E-state index contributed by atoms with van der Waals surface area (Å²) >= 11 is 0. The Morgan fingerprint density at radius 2 is 1.89 bits per heavy atom. The van der Waals surface area contributed by atoms with Gasteiger partial charge in [0, 0.05) is 43.5 Å². The average Bonchev–Trinajstić information content (AvgIpc) is 3.51. The molecule has 1 aromatic carbocycles. The minimum absolute atomic E-state index is 0.0726. The van der Waals surface area contributed by atoms with E-state index in [0.29, 0.717) is 32.1 Å². The standard InChI is InChI=1S/C24H25F3N8O2/c1-15-14-19(33-32-15)29-23-31-22(24(26,27)16-2-4-17(25)5-3-16)30-20-7-6-18(35(20)23)21(36)28-8-9-34-10-12-37-13-11-34/h2-7,14H,8-13H2,1H3,(H,28,36)(H2,29,30,31,32,33). The van der Waals surface area contributed by atoms with Gasteiger partial charge in [0.25, 0.3) is 5.91 Å². The molecule has 1 aliphatic rings. The van der Waals surface area contributed by atoms with Crippen LogP contribution < -0.4 is 10.6 Å². The Labute approximate surface area is 209 Å². The number of rotatable bonds is 8. The summed E-state index contributed by atoms with van der Waals surface area (Å²) in [7, 11) is 0. The Morgan fingerprint density at radius 3 is 2.59 bits per heavy atom. The summed E-state index contributed by atoms with van der Waals surface area (Å²) in [5.74, 6) is -5.23. The molecule has 0 unspecified atom stereocenters. The number of amides is 1. The number of nitrogens with zero attached hydrogens (tertiary/aromatic N) is 5. The van der Waals surface area contributed by atoms with Crippen molar-refractivity contribution in [2.75, 3.05) is 44.7 Å². The summed E-state index contributed by atoms with van der Waals surface area (Å²) in [4.78, 5) is 23.4. The normalized spacial score (nSPS) is 14.7. The van der Waals surface area contributed by atoms with Crippen LogP contribution in [0.25, 0.3) is 5.65 Å². The summed E-state index contributed by atoms with van der Waals surface area (Å²) in [6.07, 6.45) is 0. The molecule has 0 spiro atoms. The number of hydrogen-bond donors (Lipinski definition) is 3. The van der Waals surface area contributed by atoms with Crippen molar-refractivity contribution in [3.8, 4) is 0 Å². The SMILES string of the molecule is Cc1cc(Nc2nc(C(F)(F)c3ccc(F)cc3)nc3ccc(C(=O)NCCN4CCOCC4)n23)n[nH]1. The number of aromatic nitrogens is 5. The van der Waals surface area contributed by atoms with Gasteiger partial charge in [-0.2, -0.15) is 18.9 Å². The second kappa shape index (κ2) is 10.2. The number of aromatic amines is 1. The lowest BCUT2D eigenvalue weighted by atomic mass is 10.1. The van der Waals surface area contributed by atoms with Gasteiger partial charge in [0.1, 0.15) is 17.2 Å². The first-order valence-corrected chi connectivity index (χ1v) is 11.7. The molecule has 4 heterocycles. The first-order valence-electron chi connectivity index (χ1n) is 11.7. The number of ether oxygens (including phenoxy) is 1. The number of benzene rings is 1. The zero-order valence-corrected chi connectivity index (χ0v) is 20.0. The van der Waals surface area contributed by atoms with Gasteiger partial charge in [-0.1, -0.05) is 0 Å². The minimum Gasteiger partial charge on any atom is -0.379 e. The Balaban J connectivity index is 1.48. The van der Waals surface area contributed by atoms with Crippen molar-refractivity contribution in [2.45, 2.75) is 12.8 Å². The highest BCUT2D eigenvalue weighted by atomic mass is 19.3. The lowest BCUT2D eigenvalue weighted by molar-refractivity contribution is 0.0330. The number of nitrogens with one attached hydrogen (secondary N) is 3. The van der Waals surface area contributed by atoms with E-state index in [9.17, 15) is 9.18 Å². The number of alkyl halides is 2. The topological polar surface area (TPSA) is 112 Å². The highest BCUT2D eigenvalue weighted by Gasteiger charge is 2.39. The van der Waals surface area contributed by atoms with Gasteiger partial charge in [-0.25, -0.2) is 9.37 Å². The van der Waals surface area contributed by atoms with Crippen molar-refractivity contribution in [1.29, 1.82) is 0 Å². The van der Waals surface area contributed by atoms with Crippen LogP contribution >= 0.6 is 0 Å². The van der Waals surface area contributed by atoms with E-state index in [0.717, 1.165) is 43.0 Å². The fourth-order valence-corrected chi connectivity index (χ4v) is 4.05. The van der Waals surface area contributed by atoms with Crippen LogP contribution in [0.15, 0.2) is 42.5 Å². The Bertz CT molecular complexity index is 1400. The van der Waals surface area contributed by atoms with Crippen molar-refractivity contribution >= 4 is 23.3 Å². The molecule has 1 fully saturated rings. The van der Waals surface area contributed by atoms with Gasteiger partial charge in [0.05, 0.1) is 13.2 Å². The van der Waals surface area contributed by atoms with Crippen LogP contribution in [0.1, 0.15) is 27.6 Å². The molecule has 3 N–H and O–H groups in total. The molecule has 1 aliphatic heterocycles. The van der Waals surface area contributed by atoms with Crippen LogP contribution in [0.2, 0.25) is 0 Å². The van der Waals surface area contributed by atoms with Crippen LogP contribution in [-0.4, -0.2) is 74.8 Å². The molecular formula is C24H25F3N8O2. The molecule has 0 saturated carbocycles. The molecule has 37 heavy (non-hydrogen) atoms. The number of anilines is 2. The van der Waals surface area contributed by atoms with Gasteiger partial charge < -0.3 is 15.4 Å². The highest BCUT2D eigenvalue weighted by molar-refractivity contribution is 5.94. The molecule has 1 saturated heterocycles. The predicted octanol–water partition coefficient (Wildman–Crippen LogP) is 2.85. The number of morpholine rings is 1. The van der Waals surface area contributed by atoms with Crippen LogP contribution in [0.4, 0.5) is 24.9 Å². The number of halogens is 3. The maximum atomic E-state index is 15.4. The monoisotopic (exact) mass is 514 g/mol. The molecule has 13 heteroatoms. The van der Waals surface area contributed by atoms with Crippen molar-refractivity contribution in [3.05, 3.63) is 71.1 Å². The number of fused-ring (bicyclic) bond motifs is 1. The third-order valence-corrected chi connectivity index (χ3v) is 5.99. The third-order valence-electron chi connectivity index (χ3n) is 5.99. The van der Waals surface area contributed by atoms with E-state index in [1.807, 2.05) is 0 Å². The van der Waals surface area contributed by atoms with Crippen molar-refractivity contribution in [1.82, 2.24) is 34.8 Å². The van der Waals surface area contributed by atoms with E-state index in [4.69, 9.17) is 4.74 Å². The summed E-state index contributed by atoms with van der Waals surface area (Å²) < 4.78 is 50.8. The Morgan fingerprint density at radius 1 is 1.14 bits per heavy atom. The first-order chi connectivity index (χ1) is 17.8. The number of H-pyrrole nitrogens is 1. The van der Waals surface area contributed by atoms with Gasteiger partial charge in [0.15, 0.2) is 5.82 Å². The van der Waals surface area contributed by atoms with Gasteiger partial charge in [-0.15, -0.1) is 0 Å². The number of aryl methyl sites for hydroxylation is 1. The van der Waals surface area contributed by atoms with Crippen LogP contribution in [0, 0.1) is 12.7 Å². The first kappa shape index (κ1) is 24.7. The number of hydrogen-bond acceptors (Lipinski definition) is 7. The van der Waals surface area contributed by atoms with Crippen molar-refractivity contribution in [2.24, 2.45) is 0 Å². The van der Waals surface area contributed by atoms with Crippen LogP contribution in [-0.2, 0) is 10.7 Å². The van der Waals surface area contributed by atoms with Gasteiger partial charge in [0.2, 0.25) is 11.8 Å². The molecular weight excluding hydrogens is 489 g/mol. The van der Waals surface area contributed by atoms with Gasteiger partial charge >= 0.3 is 5.92 Å². The van der Waals surface area contributed by atoms with Crippen molar-refractivity contribution < 1.29 is 22.7 Å². The van der Waals surface area contributed by atoms with E-state index in [2.05, 4.69) is 35.7 Å². The lowest BCUT2D eigenvalue weighted by Crippen LogP contribution is -2.41. The van der Waals surface area contributed by atoms with Crippen LogP contribution in [0.3, 0.4) is 0 Å². The molecule has 4 aromatic rings. The smallest absolute Gasteiger partial charge is 0.331 e.